The maximum absolute atomic E-state index is 13.2. The predicted octanol–water partition coefficient (Wildman–Crippen LogP) is -2.23. The van der Waals surface area contributed by atoms with Gasteiger partial charge >= 0.3 is 14.5 Å². The number of nitrogens with two attached hydrogens (primary N) is 2. The molecule has 4 unspecified atom stereocenters. The number of anilines is 2. The van der Waals surface area contributed by atoms with Crippen molar-refractivity contribution in [3.8, 4) is 0 Å². The van der Waals surface area contributed by atoms with Gasteiger partial charge < -0.3 is 45.5 Å². The van der Waals surface area contributed by atoms with E-state index in [0.717, 1.165) is 12.7 Å². The number of rotatable bonds is 2. The molecule has 0 spiro atoms. The number of aliphatic hydroxyl groups excluding tert-OH is 2. The van der Waals surface area contributed by atoms with Gasteiger partial charge in [-0.1, -0.05) is 0 Å². The molecule has 25 heteroatoms. The third-order valence-electron chi connectivity index (χ3n) is 7.33. The van der Waals surface area contributed by atoms with Crippen molar-refractivity contribution >= 4 is 60.4 Å². The molecule has 22 nitrogen and oxygen atoms in total. The van der Waals surface area contributed by atoms with Gasteiger partial charge in [0.05, 0.1) is 25.9 Å². The Morgan fingerprint density at radius 2 is 1.49 bits per heavy atom. The zero-order valence-corrected chi connectivity index (χ0v) is 25.0. The average Bonchev–Trinajstić information content (AvgIpc) is 3.72. The van der Waals surface area contributed by atoms with Gasteiger partial charge in [-0.15, -0.1) is 0 Å². The molecule has 7 rings (SSSR count). The quantitative estimate of drug-likeness (QED) is 0.109. The summed E-state index contributed by atoms with van der Waals surface area (Å²) in [5.41, 5.74) is 11.0. The molecule has 0 aliphatic carbocycles. The largest absolute Gasteiger partial charge is 0.472 e. The predicted molar refractivity (Wildman–Crippen MR) is 150 cm³/mol. The normalized spacial score (nSPS) is 37.7. The number of aliphatic hydroxyl groups is 2. The first-order valence-corrected chi connectivity index (χ1v) is 17.0. The molecular formula is C20H24N10O12P2S. The van der Waals surface area contributed by atoms with Crippen LogP contribution in [-0.2, 0) is 43.9 Å². The number of imidazole rings is 2. The van der Waals surface area contributed by atoms with Crippen LogP contribution in [0.5, 0.6) is 0 Å². The van der Waals surface area contributed by atoms with Gasteiger partial charge in [0.25, 0.3) is 5.56 Å². The Bertz CT molecular complexity index is 1940. The fraction of sp³-hybridized carbons (Fsp3) is 0.500. The third-order valence-corrected chi connectivity index (χ3v) is 9.87. The lowest BCUT2D eigenvalue weighted by molar-refractivity contribution is -0.0649. The highest BCUT2D eigenvalue weighted by molar-refractivity contribution is 8.07. The SMILES string of the molecule is Nc1nc2c(ncn2[C@@H]2O[C@@H]3COP(=O)(O)O[C@H]4C(O)[C@@H](COP(O)(=S)O[C@H]2C3O)O[C@H]4n2cnc3c(N)ncnc32)c(=O)[nH]1. The number of aromatic amines is 1. The molecule has 4 aromatic heterocycles. The first-order chi connectivity index (χ1) is 21.3. The first-order valence-electron chi connectivity index (χ1n) is 13.0. The van der Waals surface area contributed by atoms with Crippen molar-refractivity contribution in [1.82, 2.24) is 39.0 Å². The maximum Gasteiger partial charge on any atom is 0.472 e. The number of aromatic nitrogens is 8. The van der Waals surface area contributed by atoms with E-state index in [-0.39, 0.29) is 34.1 Å². The topological polar surface area (TPSA) is 313 Å². The molecule has 7 heterocycles. The minimum atomic E-state index is -5.03. The second-order valence-corrected chi connectivity index (χ2v) is 14.3. The second-order valence-electron chi connectivity index (χ2n) is 10.1. The van der Waals surface area contributed by atoms with Crippen LogP contribution in [0.4, 0.5) is 11.8 Å². The lowest BCUT2D eigenvalue weighted by Gasteiger charge is -2.27. The minimum absolute atomic E-state index is 0.0453. The Kier molecular flexibility index (Phi) is 7.52. The highest BCUT2D eigenvalue weighted by Gasteiger charge is 2.53. The van der Waals surface area contributed by atoms with Gasteiger partial charge in [0.1, 0.15) is 48.5 Å². The summed E-state index contributed by atoms with van der Waals surface area (Å²) in [7, 11) is -5.03. The number of nitrogens with one attached hydrogen (secondary N) is 1. The molecule has 3 fully saturated rings. The average molecular weight is 690 g/mol. The van der Waals surface area contributed by atoms with E-state index in [1.54, 1.807) is 0 Å². The standard InChI is InChI=1S/C20H24N10O12P2S/c21-14-8-15(24-3-23-14)29(4-25-8)18-12-10(31)7(40-18)2-38-44(36,45)42-13-11(32)6(1-37-43(34,35)41-12)39-19(13)30-5-26-9-16(30)27-20(22)28-17(9)33/h3-7,10-13,18-19,31-32H,1-2H2,(H,34,35)(H,36,45)(H2,21,23,24)(H3,22,27,28,33)/t6-,7-,10?,11?,12+,13+,18-,19-,44?/m1/s1. The van der Waals surface area contributed by atoms with E-state index in [2.05, 4.69) is 29.9 Å². The van der Waals surface area contributed by atoms with E-state index in [4.69, 9.17) is 50.8 Å². The Labute approximate surface area is 254 Å². The Balaban J connectivity index is 1.23. The van der Waals surface area contributed by atoms with Crippen LogP contribution in [-0.4, -0.2) is 109 Å². The van der Waals surface area contributed by atoms with E-state index in [1.807, 2.05) is 0 Å². The molecule has 3 aliphatic rings. The van der Waals surface area contributed by atoms with Gasteiger partial charge in [0, 0.05) is 0 Å². The van der Waals surface area contributed by atoms with Crippen molar-refractivity contribution in [2.75, 3.05) is 24.7 Å². The van der Waals surface area contributed by atoms with Crippen molar-refractivity contribution in [2.24, 2.45) is 0 Å². The monoisotopic (exact) mass is 690 g/mol. The Hall–Kier alpha value is -3.02. The zero-order chi connectivity index (χ0) is 31.8. The molecule has 10 atom stereocenters. The number of nitrogen functional groups attached to an aromatic ring is 2. The van der Waals surface area contributed by atoms with Gasteiger partial charge in [-0.05, 0) is 11.8 Å². The number of phosphoric ester groups is 1. The van der Waals surface area contributed by atoms with Crippen LogP contribution in [0.15, 0.2) is 23.8 Å². The summed E-state index contributed by atoms with van der Waals surface area (Å²) in [4.78, 5) is 56.5. The van der Waals surface area contributed by atoms with Crippen molar-refractivity contribution in [3.05, 3.63) is 29.3 Å². The smallest absolute Gasteiger partial charge is 0.387 e. The van der Waals surface area contributed by atoms with Gasteiger partial charge in [-0.3, -0.25) is 32.5 Å². The number of nitrogens with zero attached hydrogens (tertiary/aromatic N) is 7. The van der Waals surface area contributed by atoms with Crippen molar-refractivity contribution in [1.29, 1.82) is 0 Å². The molecular weight excluding hydrogens is 666 g/mol. The molecule has 242 valence electrons. The van der Waals surface area contributed by atoms with Gasteiger partial charge in [0.15, 0.2) is 35.1 Å². The number of H-pyrrole nitrogens is 1. The molecule has 0 saturated carbocycles. The van der Waals surface area contributed by atoms with Gasteiger partial charge in [-0.25, -0.2) is 24.5 Å². The molecule has 0 aromatic carbocycles. The lowest BCUT2D eigenvalue weighted by atomic mass is 10.1. The van der Waals surface area contributed by atoms with Crippen molar-refractivity contribution < 1.29 is 52.1 Å². The molecule has 4 aromatic rings. The number of fused-ring (bicyclic) bond motifs is 6. The van der Waals surface area contributed by atoms with Crippen LogP contribution in [0.3, 0.4) is 0 Å². The molecule has 0 amide bonds. The summed E-state index contributed by atoms with van der Waals surface area (Å²) >= 11 is 5.21. The molecule has 3 saturated heterocycles. The van der Waals surface area contributed by atoms with Gasteiger partial charge in [0.2, 0.25) is 5.95 Å². The van der Waals surface area contributed by atoms with Crippen molar-refractivity contribution in [2.45, 2.75) is 49.1 Å². The van der Waals surface area contributed by atoms with Crippen LogP contribution in [0, 0.1) is 0 Å². The van der Waals surface area contributed by atoms with Crippen LogP contribution < -0.4 is 17.0 Å². The Morgan fingerprint density at radius 1 is 0.889 bits per heavy atom. The Morgan fingerprint density at radius 3 is 2.18 bits per heavy atom. The molecule has 4 bridgehead atoms. The van der Waals surface area contributed by atoms with Crippen LogP contribution in [0.25, 0.3) is 22.3 Å². The molecule has 0 radical (unpaired) electrons. The number of phosphoric acid groups is 1. The summed E-state index contributed by atoms with van der Waals surface area (Å²) in [6, 6.07) is 0. The first kappa shape index (κ1) is 30.6. The number of hydrogen-bond acceptors (Lipinski definition) is 18. The second kappa shape index (κ2) is 11.1. The van der Waals surface area contributed by atoms with Gasteiger partial charge in [-0.2, -0.15) is 4.98 Å². The summed E-state index contributed by atoms with van der Waals surface area (Å²) in [6.07, 6.45) is -8.26. The van der Waals surface area contributed by atoms with E-state index in [9.17, 15) is 29.4 Å². The lowest BCUT2D eigenvalue weighted by Crippen LogP contribution is -2.38. The molecule has 9 N–H and O–H groups in total. The fourth-order valence-corrected chi connectivity index (χ4v) is 7.62. The zero-order valence-electron chi connectivity index (χ0n) is 22.4. The van der Waals surface area contributed by atoms with E-state index in [1.165, 1.54) is 15.5 Å². The van der Waals surface area contributed by atoms with Crippen LogP contribution >= 0.6 is 14.5 Å². The summed E-state index contributed by atoms with van der Waals surface area (Å²) in [5.74, 6) is -0.201. The molecule has 3 aliphatic heterocycles. The number of ether oxygens (including phenoxy) is 2. The highest BCUT2D eigenvalue weighted by atomic mass is 32.5. The van der Waals surface area contributed by atoms with Crippen LogP contribution in [0.2, 0.25) is 0 Å². The van der Waals surface area contributed by atoms with Crippen LogP contribution in [0.1, 0.15) is 12.5 Å². The minimum Gasteiger partial charge on any atom is -0.387 e. The third kappa shape index (κ3) is 5.44. The fourth-order valence-electron chi connectivity index (χ4n) is 5.28. The maximum atomic E-state index is 13.2. The molecule has 45 heavy (non-hydrogen) atoms. The summed E-state index contributed by atoms with van der Waals surface area (Å²) < 4.78 is 49.2. The summed E-state index contributed by atoms with van der Waals surface area (Å²) in [6.45, 7) is -5.63. The van der Waals surface area contributed by atoms with Crippen molar-refractivity contribution in [3.63, 3.8) is 0 Å². The van der Waals surface area contributed by atoms with E-state index < -0.39 is 82.4 Å². The number of hydrogen-bond donors (Lipinski definition) is 7. The van der Waals surface area contributed by atoms with E-state index in [0.29, 0.717) is 0 Å². The van der Waals surface area contributed by atoms with E-state index >= 15 is 0 Å². The highest BCUT2D eigenvalue weighted by Crippen LogP contribution is 2.54. The summed E-state index contributed by atoms with van der Waals surface area (Å²) in [5, 5.41) is 22.3.